The van der Waals surface area contributed by atoms with E-state index in [4.69, 9.17) is 4.74 Å². The molecule has 0 bridgehead atoms. The predicted molar refractivity (Wildman–Crippen MR) is 82.4 cm³/mol. The lowest BCUT2D eigenvalue weighted by atomic mass is 10.0. The summed E-state index contributed by atoms with van der Waals surface area (Å²) < 4.78 is 7.27. The van der Waals surface area contributed by atoms with Gasteiger partial charge in [0.2, 0.25) is 0 Å². The van der Waals surface area contributed by atoms with Crippen molar-refractivity contribution in [3.63, 3.8) is 0 Å². The Labute approximate surface area is 135 Å². The molecule has 3 heterocycles. The Bertz CT molecular complexity index is 592. The third-order valence-corrected chi connectivity index (χ3v) is 4.86. The van der Waals surface area contributed by atoms with E-state index in [0.29, 0.717) is 31.7 Å². The van der Waals surface area contributed by atoms with E-state index in [-0.39, 0.29) is 11.9 Å². The van der Waals surface area contributed by atoms with Gasteiger partial charge in [0, 0.05) is 25.5 Å². The van der Waals surface area contributed by atoms with Crippen molar-refractivity contribution >= 4 is 11.9 Å². The van der Waals surface area contributed by atoms with Crippen LogP contribution >= 0.6 is 0 Å². The van der Waals surface area contributed by atoms with Crippen molar-refractivity contribution in [2.24, 2.45) is 0 Å². The topological polar surface area (TPSA) is 84.7 Å². The van der Waals surface area contributed by atoms with E-state index in [2.05, 4.69) is 5.10 Å². The van der Waals surface area contributed by atoms with Crippen molar-refractivity contribution in [1.82, 2.24) is 14.7 Å². The first-order valence-electron chi connectivity index (χ1n) is 8.25. The van der Waals surface area contributed by atoms with Crippen LogP contribution in [0, 0.1) is 6.92 Å². The number of carboxylic acid groups (broad SMARTS) is 1. The monoisotopic (exact) mass is 321 g/mol. The molecule has 2 fully saturated rings. The summed E-state index contributed by atoms with van der Waals surface area (Å²) in [6.07, 6.45) is 5.58. The van der Waals surface area contributed by atoms with Crippen LogP contribution in [0.15, 0.2) is 6.20 Å². The van der Waals surface area contributed by atoms with Gasteiger partial charge >= 0.3 is 5.97 Å². The van der Waals surface area contributed by atoms with Gasteiger partial charge in [-0.1, -0.05) is 0 Å². The fourth-order valence-corrected chi connectivity index (χ4v) is 3.52. The highest BCUT2D eigenvalue weighted by molar-refractivity contribution is 5.97. The molecular formula is C16H23N3O4. The van der Waals surface area contributed by atoms with Crippen LogP contribution in [0.2, 0.25) is 0 Å². The fraction of sp³-hybridized carbons (Fsp3) is 0.688. The Kier molecular flexibility index (Phi) is 4.66. The molecule has 0 aliphatic carbocycles. The largest absolute Gasteiger partial charge is 0.480 e. The number of piperidine rings is 1. The average molecular weight is 321 g/mol. The molecule has 1 N–H and O–H groups in total. The number of nitrogens with zero attached hydrogens (tertiary/aromatic N) is 3. The summed E-state index contributed by atoms with van der Waals surface area (Å²) in [5.74, 6) is -1.14. The number of aromatic nitrogens is 2. The van der Waals surface area contributed by atoms with E-state index in [0.717, 1.165) is 31.4 Å². The van der Waals surface area contributed by atoms with E-state index >= 15 is 0 Å². The van der Waals surface area contributed by atoms with Crippen LogP contribution in [0.5, 0.6) is 0 Å². The quantitative estimate of drug-likeness (QED) is 0.914. The van der Waals surface area contributed by atoms with Gasteiger partial charge < -0.3 is 14.7 Å². The van der Waals surface area contributed by atoms with E-state index in [9.17, 15) is 14.7 Å². The molecule has 7 nitrogen and oxygen atoms in total. The van der Waals surface area contributed by atoms with Gasteiger partial charge in [-0.05, 0) is 39.0 Å². The first kappa shape index (κ1) is 16.0. The smallest absolute Gasteiger partial charge is 0.326 e. The van der Waals surface area contributed by atoms with Crippen LogP contribution in [0.3, 0.4) is 0 Å². The van der Waals surface area contributed by atoms with Crippen LogP contribution in [0.4, 0.5) is 0 Å². The summed E-state index contributed by atoms with van der Waals surface area (Å²) in [4.78, 5) is 25.7. The molecule has 126 valence electrons. The van der Waals surface area contributed by atoms with Crippen LogP contribution < -0.4 is 0 Å². The number of aliphatic carboxylic acids is 1. The van der Waals surface area contributed by atoms with Gasteiger partial charge in [-0.3, -0.25) is 9.48 Å². The second kappa shape index (κ2) is 6.70. The third-order valence-electron chi connectivity index (χ3n) is 4.86. The predicted octanol–water partition coefficient (Wildman–Crippen LogP) is 1.62. The SMILES string of the molecule is Cc1c(C(=O)N2CCCCC2C(=O)O)cnn1C1CCOCC1. The van der Waals surface area contributed by atoms with Gasteiger partial charge in [-0.15, -0.1) is 0 Å². The zero-order chi connectivity index (χ0) is 16.4. The van der Waals surface area contributed by atoms with E-state index in [1.807, 2.05) is 11.6 Å². The molecule has 2 aliphatic heterocycles. The van der Waals surface area contributed by atoms with Crippen LogP contribution in [0.25, 0.3) is 0 Å². The summed E-state index contributed by atoms with van der Waals surface area (Å²) >= 11 is 0. The maximum absolute atomic E-state index is 12.8. The van der Waals surface area contributed by atoms with Crippen molar-refractivity contribution in [3.05, 3.63) is 17.5 Å². The molecule has 7 heteroatoms. The molecule has 23 heavy (non-hydrogen) atoms. The molecule has 1 aromatic heterocycles. The highest BCUT2D eigenvalue weighted by Gasteiger charge is 2.34. The highest BCUT2D eigenvalue weighted by atomic mass is 16.5. The molecule has 1 unspecified atom stereocenters. The van der Waals surface area contributed by atoms with Crippen LogP contribution in [-0.4, -0.2) is 57.5 Å². The Morgan fingerprint density at radius 2 is 2.00 bits per heavy atom. The average Bonchev–Trinajstić information content (AvgIpc) is 2.96. The maximum Gasteiger partial charge on any atom is 0.326 e. The molecule has 1 aromatic rings. The van der Waals surface area contributed by atoms with Crippen LogP contribution in [0.1, 0.15) is 54.2 Å². The minimum absolute atomic E-state index is 0.215. The lowest BCUT2D eigenvalue weighted by molar-refractivity contribution is -0.143. The number of carbonyl (C=O) groups excluding carboxylic acids is 1. The van der Waals surface area contributed by atoms with Crippen LogP contribution in [-0.2, 0) is 9.53 Å². The van der Waals surface area contributed by atoms with Gasteiger partial charge in [-0.25, -0.2) is 4.79 Å². The van der Waals surface area contributed by atoms with Gasteiger partial charge in [-0.2, -0.15) is 5.10 Å². The molecule has 0 radical (unpaired) electrons. The van der Waals surface area contributed by atoms with Gasteiger partial charge in [0.05, 0.1) is 17.8 Å². The fourth-order valence-electron chi connectivity index (χ4n) is 3.52. The van der Waals surface area contributed by atoms with E-state index < -0.39 is 12.0 Å². The molecule has 1 atom stereocenters. The molecule has 2 saturated heterocycles. The van der Waals surface area contributed by atoms with Crippen molar-refractivity contribution in [2.75, 3.05) is 19.8 Å². The van der Waals surface area contributed by atoms with Crippen molar-refractivity contribution in [3.8, 4) is 0 Å². The normalized spacial score (nSPS) is 23.0. The summed E-state index contributed by atoms with van der Waals surface area (Å²) in [7, 11) is 0. The zero-order valence-electron chi connectivity index (χ0n) is 13.4. The minimum atomic E-state index is -0.924. The molecule has 3 rings (SSSR count). The van der Waals surface area contributed by atoms with Gasteiger partial charge in [0.15, 0.2) is 0 Å². The molecule has 0 aromatic carbocycles. The number of rotatable bonds is 3. The molecule has 2 aliphatic rings. The number of likely N-dealkylation sites (tertiary alicyclic amines) is 1. The standard InChI is InChI=1S/C16H23N3O4/c1-11-13(10-17-19(11)12-5-8-23-9-6-12)15(20)18-7-3-2-4-14(18)16(21)22/h10,12,14H,2-9H2,1H3,(H,21,22). The Hall–Kier alpha value is -1.89. The number of hydrogen-bond donors (Lipinski definition) is 1. The van der Waals surface area contributed by atoms with Crippen molar-refractivity contribution in [2.45, 2.75) is 51.1 Å². The van der Waals surface area contributed by atoms with Gasteiger partial charge in [0.1, 0.15) is 6.04 Å². The maximum atomic E-state index is 12.8. The third kappa shape index (κ3) is 3.10. The summed E-state index contributed by atoms with van der Waals surface area (Å²) in [5, 5.41) is 13.7. The lowest BCUT2D eigenvalue weighted by Gasteiger charge is -2.33. The summed E-state index contributed by atoms with van der Waals surface area (Å²) in [5.41, 5.74) is 1.33. The number of amides is 1. The Morgan fingerprint density at radius 3 is 2.70 bits per heavy atom. The number of carboxylic acids is 1. The first-order chi connectivity index (χ1) is 11.1. The number of ether oxygens (including phenoxy) is 1. The first-order valence-corrected chi connectivity index (χ1v) is 8.25. The van der Waals surface area contributed by atoms with Crippen molar-refractivity contribution in [1.29, 1.82) is 0 Å². The minimum Gasteiger partial charge on any atom is -0.480 e. The number of hydrogen-bond acceptors (Lipinski definition) is 4. The van der Waals surface area contributed by atoms with Gasteiger partial charge in [0.25, 0.3) is 5.91 Å². The Morgan fingerprint density at radius 1 is 1.26 bits per heavy atom. The van der Waals surface area contributed by atoms with E-state index in [1.165, 1.54) is 4.90 Å². The lowest BCUT2D eigenvalue weighted by Crippen LogP contribution is -2.48. The second-order valence-electron chi connectivity index (χ2n) is 6.28. The zero-order valence-corrected chi connectivity index (χ0v) is 13.4. The molecule has 1 amide bonds. The van der Waals surface area contributed by atoms with E-state index in [1.54, 1.807) is 6.20 Å². The highest BCUT2D eigenvalue weighted by Crippen LogP contribution is 2.25. The Balaban J connectivity index is 1.82. The van der Waals surface area contributed by atoms with Crippen molar-refractivity contribution < 1.29 is 19.4 Å². The number of carbonyl (C=O) groups is 2. The molecule has 0 saturated carbocycles. The molecular weight excluding hydrogens is 298 g/mol. The molecule has 0 spiro atoms. The summed E-state index contributed by atoms with van der Waals surface area (Å²) in [6, 6.07) is -0.469. The second-order valence-corrected chi connectivity index (χ2v) is 6.28. The summed E-state index contributed by atoms with van der Waals surface area (Å²) in [6.45, 7) is 3.80.